The first-order valence-electron chi connectivity index (χ1n) is 9.08. The van der Waals surface area contributed by atoms with Crippen LogP contribution in [0.4, 0.5) is 5.95 Å². The molecule has 1 aliphatic heterocycles. The standard InChI is InChI=1S/C20H20BrN5O2/c1-25-19(27)11-17(16-7-8-22-13-23-16)24-20(25)26-9-2-10-28-18(12-26)14-3-5-15(21)6-4-14/h3-8,11,13,18H,2,9-10,12H2,1H3/t18-/m1/s1. The highest BCUT2D eigenvalue weighted by Gasteiger charge is 2.23. The number of benzene rings is 1. The zero-order chi connectivity index (χ0) is 19.5. The van der Waals surface area contributed by atoms with Crippen LogP contribution in [-0.4, -0.2) is 39.2 Å². The van der Waals surface area contributed by atoms with Gasteiger partial charge in [-0.15, -0.1) is 0 Å². The van der Waals surface area contributed by atoms with Gasteiger partial charge in [-0.2, -0.15) is 0 Å². The highest BCUT2D eigenvalue weighted by atomic mass is 79.9. The van der Waals surface area contributed by atoms with Crippen molar-refractivity contribution in [3.05, 3.63) is 69.3 Å². The lowest BCUT2D eigenvalue weighted by atomic mass is 10.1. The van der Waals surface area contributed by atoms with Crippen molar-refractivity contribution >= 4 is 21.9 Å². The van der Waals surface area contributed by atoms with E-state index in [2.05, 4.69) is 42.9 Å². The molecule has 7 nitrogen and oxygen atoms in total. The quantitative estimate of drug-likeness (QED) is 0.621. The number of nitrogens with zero attached hydrogens (tertiary/aromatic N) is 5. The van der Waals surface area contributed by atoms with E-state index in [1.165, 1.54) is 12.4 Å². The van der Waals surface area contributed by atoms with Gasteiger partial charge in [0.05, 0.1) is 17.9 Å². The van der Waals surface area contributed by atoms with Crippen LogP contribution in [0.2, 0.25) is 0 Å². The summed E-state index contributed by atoms with van der Waals surface area (Å²) in [5.74, 6) is 0.619. The molecule has 0 amide bonds. The Morgan fingerprint density at radius 2 is 2.00 bits per heavy atom. The highest BCUT2D eigenvalue weighted by Crippen LogP contribution is 2.26. The molecule has 1 fully saturated rings. The van der Waals surface area contributed by atoms with Crippen molar-refractivity contribution in [2.24, 2.45) is 7.05 Å². The number of aromatic nitrogens is 4. The van der Waals surface area contributed by atoms with Gasteiger partial charge in [-0.1, -0.05) is 28.1 Å². The molecule has 0 saturated carbocycles. The maximum Gasteiger partial charge on any atom is 0.255 e. The maximum absolute atomic E-state index is 12.6. The SMILES string of the molecule is Cn1c(N2CCCO[C@@H](c3ccc(Br)cc3)C2)nc(-c2ccncn2)cc1=O. The lowest BCUT2D eigenvalue weighted by molar-refractivity contribution is 0.0685. The summed E-state index contributed by atoms with van der Waals surface area (Å²) in [7, 11) is 1.74. The molecule has 2 aromatic heterocycles. The third kappa shape index (κ3) is 3.98. The molecule has 1 atom stereocenters. The summed E-state index contributed by atoms with van der Waals surface area (Å²) in [6, 6.07) is 11.4. The van der Waals surface area contributed by atoms with Crippen molar-refractivity contribution in [1.82, 2.24) is 19.5 Å². The van der Waals surface area contributed by atoms with Crippen molar-refractivity contribution in [3.8, 4) is 11.4 Å². The molecule has 1 aliphatic rings. The smallest absolute Gasteiger partial charge is 0.255 e. The zero-order valence-electron chi connectivity index (χ0n) is 15.5. The maximum atomic E-state index is 12.6. The van der Waals surface area contributed by atoms with Gasteiger partial charge in [0, 0.05) is 36.9 Å². The molecule has 0 spiro atoms. The monoisotopic (exact) mass is 441 g/mol. The normalized spacial score (nSPS) is 17.4. The first-order chi connectivity index (χ1) is 13.6. The van der Waals surface area contributed by atoms with Crippen molar-refractivity contribution in [3.63, 3.8) is 0 Å². The van der Waals surface area contributed by atoms with E-state index in [-0.39, 0.29) is 11.7 Å². The molecule has 0 N–H and O–H groups in total. The van der Waals surface area contributed by atoms with Gasteiger partial charge in [0.15, 0.2) is 0 Å². The van der Waals surface area contributed by atoms with Crippen LogP contribution in [0.5, 0.6) is 0 Å². The van der Waals surface area contributed by atoms with Gasteiger partial charge in [0.25, 0.3) is 5.56 Å². The van der Waals surface area contributed by atoms with E-state index in [0.29, 0.717) is 30.5 Å². The Labute approximate surface area is 171 Å². The first kappa shape index (κ1) is 18.8. The van der Waals surface area contributed by atoms with Crippen molar-refractivity contribution in [2.75, 3.05) is 24.6 Å². The summed E-state index contributed by atoms with van der Waals surface area (Å²) in [5.41, 5.74) is 2.16. The fourth-order valence-electron chi connectivity index (χ4n) is 3.27. The Balaban J connectivity index is 1.69. The topological polar surface area (TPSA) is 73.1 Å². The van der Waals surface area contributed by atoms with Crippen molar-refractivity contribution in [2.45, 2.75) is 12.5 Å². The van der Waals surface area contributed by atoms with Crippen LogP contribution >= 0.6 is 15.9 Å². The molecule has 1 aromatic carbocycles. The third-order valence-electron chi connectivity index (χ3n) is 4.76. The van der Waals surface area contributed by atoms with Gasteiger partial charge in [-0.3, -0.25) is 9.36 Å². The fourth-order valence-corrected chi connectivity index (χ4v) is 3.53. The first-order valence-corrected chi connectivity index (χ1v) is 9.87. The molecule has 0 aliphatic carbocycles. The summed E-state index contributed by atoms with van der Waals surface area (Å²) < 4.78 is 8.68. The minimum Gasteiger partial charge on any atom is -0.372 e. The second-order valence-electron chi connectivity index (χ2n) is 6.64. The molecule has 3 aromatic rings. The molecule has 3 heterocycles. The van der Waals surface area contributed by atoms with Crippen LogP contribution in [-0.2, 0) is 11.8 Å². The Hall–Kier alpha value is -2.58. The molecular formula is C20H20BrN5O2. The average molecular weight is 442 g/mol. The molecular weight excluding hydrogens is 422 g/mol. The Morgan fingerprint density at radius 1 is 1.18 bits per heavy atom. The number of rotatable bonds is 3. The molecule has 0 bridgehead atoms. The number of anilines is 1. The van der Waals surface area contributed by atoms with E-state index in [0.717, 1.165) is 23.0 Å². The number of ether oxygens (including phenoxy) is 1. The van der Waals surface area contributed by atoms with Crippen LogP contribution in [0.15, 0.2) is 58.2 Å². The minimum absolute atomic E-state index is 0.0878. The Morgan fingerprint density at radius 3 is 2.75 bits per heavy atom. The van der Waals surface area contributed by atoms with Crippen molar-refractivity contribution in [1.29, 1.82) is 0 Å². The van der Waals surface area contributed by atoms with Crippen LogP contribution in [0.25, 0.3) is 11.4 Å². The van der Waals surface area contributed by atoms with Crippen LogP contribution in [0.3, 0.4) is 0 Å². The van der Waals surface area contributed by atoms with Gasteiger partial charge in [-0.25, -0.2) is 15.0 Å². The van der Waals surface area contributed by atoms with Gasteiger partial charge in [0.1, 0.15) is 12.4 Å². The minimum atomic E-state index is -0.121. The van der Waals surface area contributed by atoms with Crippen LogP contribution in [0, 0.1) is 0 Å². The predicted molar refractivity (Wildman–Crippen MR) is 110 cm³/mol. The molecule has 0 radical (unpaired) electrons. The molecule has 144 valence electrons. The lowest BCUT2D eigenvalue weighted by Crippen LogP contribution is -2.34. The Kier molecular flexibility index (Phi) is 5.50. The largest absolute Gasteiger partial charge is 0.372 e. The van der Waals surface area contributed by atoms with Gasteiger partial charge >= 0.3 is 0 Å². The van der Waals surface area contributed by atoms with E-state index < -0.39 is 0 Å². The molecule has 4 rings (SSSR count). The van der Waals surface area contributed by atoms with E-state index in [4.69, 9.17) is 9.72 Å². The predicted octanol–water partition coefficient (Wildman–Crippen LogP) is 2.97. The number of hydrogen-bond acceptors (Lipinski definition) is 6. The fraction of sp³-hybridized carbons (Fsp3) is 0.300. The van der Waals surface area contributed by atoms with Crippen LogP contribution in [0.1, 0.15) is 18.1 Å². The van der Waals surface area contributed by atoms with E-state index in [1.54, 1.807) is 23.9 Å². The molecule has 0 unspecified atom stereocenters. The Bertz CT molecular complexity index is 1010. The van der Waals surface area contributed by atoms with E-state index >= 15 is 0 Å². The second kappa shape index (κ2) is 8.20. The second-order valence-corrected chi connectivity index (χ2v) is 7.56. The van der Waals surface area contributed by atoms with E-state index in [1.807, 2.05) is 12.1 Å². The molecule has 1 saturated heterocycles. The third-order valence-corrected chi connectivity index (χ3v) is 5.29. The van der Waals surface area contributed by atoms with Gasteiger partial charge in [-0.05, 0) is 30.2 Å². The lowest BCUT2D eigenvalue weighted by Gasteiger charge is -2.26. The zero-order valence-corrected chi connectivity index (χ0v) is 17.0. The summed E-state index contributed by atoms with van der Waals surface area (Å²) in [6.07, 6.45) is 3.87. The highest BCUT2D eigenvalue weighted by molar-refractivity contribution is 9.10. The summed E-state index contributed by atoms with van der Waals surface area (Å²) in [6.45, 7) is 2.05. The van der Waals surface area contributed by atoms with Crippen molar-refractivity contribution < 1.29 is 4.74 Å². The van der Waals surface area contributed by atoms with Gasteiger partial charge < -0.3 is 9.64 Å². The molecule has 8 heteroatoms. The summed E-state index contributed by atoms with van der Waals surface area (Å²) in [5, 5.41) is 0. The molecule has 28 heavy (non-hydrogen) atoms. The summed E-state index contributed by atoms with van der Waals surface area (Å²) in [4.78, 5) is 27.6. The van der Waals surface area contributed by atoms with Crippen LogP contribution < -0.4 is 10.5 Å². The van der Waals surface area contributed by atoms with Gasteiger partial charge in [0.2, 0.25) is 5.95 Å². The summed E-state index contributed by atoms with van der Waals surface area (Å²) >= 11 is 3.47. The van der Waals surface area contributed by atoms with E-state index in [9.17, 15) is 4.79 Å². The number of hydrogen-bond donors (Lipinski definition) is 0. The average Bonchev–Trinajstić information content (AvgIpc) is 2.97. The number of halogens is 1.